The molecule has 0 spiro atoms. The third-order valence-corrected chi connectivity index (χ3v) is 3.56. The number of nitrogens with two attached hydrogens (primary N) is 1. The molecule has 0 aliphatic rings. The van der Waals surface area contributed by atoms with Crippen molar-refractivity contribution in [3.8, 4) is 5.75 Å². The molecule has 0 unspecified atom stereocenters. The fraction of sp³-hybridized carbons (Fsp3) is 0.222. The van der Waals surface area contributed by atoms with Crippen LogP contribution in [0.2, 0.25) is 0 Å². The van der Waals surface area contributed by atoms with E-state index in [0.29, 0.717) is 18.0 Å². The number of anilines is 1. The highest BCUT2D eigenvalue weighted by atomic mass is 16.5. The van der Waals surface area contributed by atoms with Crippen LogP contribution in [0.15, 0.2) is 42.5 Å². The molecule has 2 rings (SSSR count). The molecule has 0 aromatic heterocycles. The molecular formula is C18H21N3O3. The topological polar surface area (TPSA) is 93.4 Å². The van der Waals surface area contributed by atoms with Gasteiger partial charge in [-0.3, -0.25) is 4.79 Å². The Morgan fingerprint density at radius 3 is 2.38 bits per heavy atom. The minimum atomic E-state index is -0.612. The highest BCUT2D eigenvalue weighted by Gasteiger charge is 2.04. The van der Waals surface area contributed by atoms with E-state index in [2.05, 4.69) is 10.6 Å². The fourth-order valence-electron chi connectivity index (χ4n) is 2.05. The van der Waals surface area contributed by atoms with Crippen molar-refractivity contribution in [3.63, 3.8) is 0 Å². The SMILES string of the molecule is Cc1ccc(OCC(=O)NCc2ccc(NC(N)=O)cc2)cc1C. The van der Waals surface area contributed by atoms with Crippen molar-refractivity contribution < 1.29 is 14.3 Å². The number of aryl methyl sites for hydroxylation is 2. The summed E-state index contributed by atoms with van der Waals surface area (Å²) in [6.07, 6.45) is 0. The Balaban J connectivity index is 1.78. The first-order valence-electron chi connectivity index (χ1n) is 7.56. The Bertz CT molecular complexity index is 727. The van der Waals surface area contributed by atoms with E-state index in [1.807, 2.05) is 32.0 Å². The summed E-state index contributed by atoms with van der Waals surface area (Å²) in [5.41, 5.74) is 8.86. The standard InChI is InChI=1S/C18H21N3O3/c1-12-3-8-16(9-13(12)2)24-11-17(22)20-10-14-4-6-15(7-5-14)21-18(19)23/h3-9H,10-11H2,1-2H3,(H,20,22)(H3,19,21,23). The summed E-state index contributed by atoms with van der Waals surface area (Å²) in [4.78, 5) is 22.6. The second-order valence-corrected chi connectivity index (χ2v) is 5.50. The molecule has 0 atom stereocenters. The van der Waals surface area contributed by atoms with E-state index >= 15 is 0 Å². The molecular weight excluding hydrogens is 306 g/mol. The lowest BCUT2D eigenvalue weighted by Crippen LogP contribution is -2.28. The van der Waals surface area contributed by atoms with Gasteiger partial charge in [-0.15, -0.1) is 0 Å². The van der Waals surface area contributed by atoms with Gasteiger partial charge in [0.25, 0.3) is 5.91 Å². The van der Waals surface area contributed by atoms with Crippen LogP contribution in [-0.2, 0) is 11.3 Å². The lowest BCUT2D eigenvalue weighted by atomic mass is 10.1. The van der Waals surface area contributed by atoms with Crippen molar-refractivity contribution in [3.05, 3.63) is 59.2 Å². The number of carbonyl (C=O) groups excluding carboxylic acids is 2. The molecule has 0 radical (unpaired) electrons. The largest absolute Gasteiger partial charge is 0.484 e. The van der Waals surface area contributed by atoms with Gasteiger partial charge in [-0.25, -0.2) is 4.79 Å². The van der Waals surface area contributed by atoms with Crippen molar-refractivity contribution in [2.75, 3.05) is 11.9 Å². The maximum atomic E-state index is 11.8. The van der Waals surface area contributed by atoms with Crippen LogP contribution in [0.25, 0.3) is 0 Å². The molecule has 0 heterocycles. The van der Waals surface area contributed by atoms with Crippen LogP contribution in [0.1, 0.15) is 16.7 Å². The zero-order chi connectivity index (χ0) is 17.5. The quantitative estimate of drug-likeness (QED) is 0.761. The molecule has 0 fully saturated rings. The smallest absolute Gasteiger partial charge is 0.316 e. The van der Waals surface area contributed by atoms with Crippen molar-refractivity contribution in [1.29, 1.82) is 0 Å². The first-order valence-corrected chi connectivity index (χ1v) is 7.56. The van der Waals surface area contributed by atoms with Crippen molar-refractivity contribution in [2.45, 2.75) is 20.4 Å². The first-order chi connectivity index (χ1) is 11.4. The second-order valence-electron chi connectivity index (χ2n) is 5.50. The van der Waals surface area contributed by atoms with Crippen LogP contribution in [0.4, 0.5) is 10.5 Å². The van der Waals surface area contributed by atoms with E-state index in [4.69, 9.17) is 10.5 Å². The number of nitrogens with one attached hydrogen (secondary N) is 2. The lowest BCUT2D eigenvalue weighted by Gasteiger charge is -2.09. The van der Waals surface area contributed by atoms with E-state index in [1.54, 1.807) is 24.3 Å². The molecule has 6 nitrogen and oxygen atoms in total. The van der Waals surface area contributed by atoms with E-state index in [1.165, 1.54) is 5.56 Å². The third-order valence-electron chi connectivity index (χ3n) is 3.56. The normalized spacial score (nSPS) is 10.1. The molecule has 6 heteroatoms. The van der Waals surface area contributed by atoms with Gasteiger partial charge in [0.1, 0.15) is 5.75 Å². The number of hydrogen-bond donors (Lipinski definition) is 3. The second kappa shape index (κ2) is 8.01. The van der Waals surface area contributed by atoms with Crippen LogP contribution in [0.3, 0.4) is 0 Å². The molecule has 126 valence electrons. The van der Waals surface area contributed by atoms with E-state index < -0.39 is 6.03 Å². The number of hydrogen-bond acceptors (Lipinski definition) is 3. The minimum absolute atomic E-state index is 0.0379. The maximum absolute atomic E-state index is 11.8. The Morgan fingerprint density at radius 2 is 1.75 bits per heavy atom. The number of ether oxygens (including phenoxy) is 1. The Morgan fingerprint density at radius 1 is 1.04 bits per heavy atom. The molecule has 0 saturated carbocycles. The summed E-state index contributed by atoms with van der Waals surface area (Å²) in [5, 5.41) is 5.25. The van der Waals surface area contributed by atoms with Crippen molar-refractivity contribution in [1.82, 2.24) is 5.32 Å². The van der Waals surface area contributed by atoms with Gasteiger partial charge >= 0.3 is 6.03 Å². The molecule has 4 N–H and O–H groups in total. The number of rotatable bonds is 6. The highest BCUT2D eigenvalue weighted by molar-refractivity contribution is 5.87. The number of amides is 3. The van der Waals surface area contributed by atoms with Crippen LogP contribution in [0, 0.1) is 13.8 Å². The predicted molar refractivity (Wildman–Crippen MR) is 92.9 cm³/mol. The monoisotopic (exact) mass is 327 g/mol. The van der Waals surface area contributed by atoms with Gasteiger partial charge in [0.2, 0.25) is 0 Å². The molecule has 0 bridgehead atoms. The summed E-state index contributed by atoms with van der Waals surface area (Å²) in [6, 6.07) is 12.2. The van der Waals surface area contributed by atoms with Gasteiger partial charge in [0.05, 0.1) is 0 Å². The van der Waals surface area contributed by atoms with Gasteiger partial charge in [-0.2, -0.15) is 0 Å². The van der Waals surface area contributed by atoms with Gasteiger partial charge < -0.3 is 21.1 Å². The summed E-state index contributed by atoms with van der Waals surface area (Å²) in [7, 11) is 0. The zero-order valence-electron chi connectivity index (χ0n) is 13.8. The first kappa shape index (κ1) is 17.3. The van der Waals surface area contributed by atoms with Crippen LogP contribution in [-0.4, -0.2) is 18.5 Å². The van der Waals surface area contributed by atoms with Crippen molar-refractivity contribution >= 4 is 17.6 Å². The number of primary amides is 1. The summed E-state index contributed by atoms with van der Waals surface area (Å²) in [6.45, 7) is 4.37. The summed E-state index contributed by atoms with van der Waals surface area (Å²) < 4.78 is 5.48. The van der Waals surface area contributed by atoms with Crippen molar-refractivity contribution in [2.24, 2.45) is 5.73 Å². The Hall–Kier alpha value is -3.02. The Kier molecular flexibility index (Phi) is 5.78. The van der Waals surface area contributed by atoms with Gasteiger partial charge in [0.15, 0.2) is 6.61 Å². The predicted octanol–water partition coefficient (Wildman–Crippen LogP) is 2.49. The zero-order valence-corrected chi connectivity index (χ0v) is 13.8. The number of urea groups is 1. The van der Waals surface area contributed by atoms with Crippen LogP contribution < -0.4 is 21.1 Å². The van der Waals surface area contributed by atoms with Gasteiger partial charge in [0, 0.05) is 12.2 Å². The fourth-order valence-corrected chi connectivity index (χ4v) is 2.05. The molecule has 0 saturated heterocycles. The number of carbonyl (C=O) groups is 2. The molecule has 0 aliphatic heterocycles. The van der Waals surface area contributed by atoms with Gasteiger partial charge in [-0.1, -0.05) is 18.2 Å². The molecule has 0 aliphatic carbocycles. The van der Waals surface area contributed by atoms with Gasteiger partial charge in [-0.05, 0) is 54.8 Å². The molecule has 2 aromatic rings. The molecule has 3 amide bonds. The number of benzene rings is 2. The highest BCUT2D eigenvalue weighted by Crippen LogP contribution is 2.16. The van der Waals surface area contributed by atoms with E-state index in [0.717, 1.165) is 11.1 Å². The average molecular weight is 327 g/mol. The summed E-state index contributed by atoms with van der Waals surface area (Å²) in [5.74, 6) is 0.475. The maximum Gasteiger partial charge on any atom is 0.316 e. The van der Waals surface area contributed by atoms with E-state index in [9.17, 15) is 9.59 Å². The van der Waals surface area contributed by atoms with E-state index in [-0.39, 0.29) is 12.5 Å². The average Bonchev–Trinajstić information content (AvgIpc) is 2.55. The Labute approximate surface area is 141 Å². The third kappa shape index (κ3) is 5.31. The minimum Gasteiger partial charge on any atom is -0.484 e. The van der Waals surface area contributed by atoms with Crippen LogP contribution >= 0.6 is 0 Å². The molecule has 24 heavy (non-hydrogen) atoms. The van der Waals surface area contributed by atoms with Crippen LogP contribution in [0.5, 0.6) is 5.75 Å². The molecule has 2 aromatic carbocycles. The lowest BCUT2D eigenvalue weighted by molar-refractivity contribution is -0.123. The summed E-state index contributed by atoms with van der Waals surface area (Å²) >= 11 is 0.